The highest BCUT2D eigenvalue weighted by Gasteiger charge is 2.41. The number of imide groups is 1. The van der Waals surface area contributed by atoms with Crippen LogP contribution in [0.25, 0.3) is 0 Å². The molecular weight excluding hydrogens is 220 g/mol. The zero-order valence-electron chi connectivity index (χ0n) is 8.14. The topological polar surface area (TPSA) is 86.7 Å². The molecule has 0 bridgehead atoms. The van der Waals surface area contributed by atoms with Crippen molar-refractivity contribution in [3.63, 3.8) is 0 Å². The summed E-state index contributed by atoms with van der Waals surface area (Å²) in [4.78, 5) is 34.4. The Labute approximate surface area is 92.0 Å². The first-order valence-corrected chi connectivity index (χ1v) is 5.06. The molecule has 0 saturated carbocycles. The molecule has 15 heavy (non-hydrogen) atoms. The van der Waals surface area contributed by atoms with Crippen LogP contribution >= 0.6 is 12.6 Å². The van der Waals surface area contributed by atoms with Gasteiger partial charge in [0.1, 0.15) is 0 Å². The SMILES string of the molecule is CC(CS)C(=O)N1C(=O)NCC1C(=O)O. The molecule has 1 rings (SSSR count). The van der Waals surface area contributed by atoms with Crippen molar-refractivity contribution in [2.75, 3.05) is 12.3 Å². The summed E-state index contributed by atoms with van der Waals surface area (Å²) < 4.78 is 0. The highest BCUT2D eigenvalue weighted by atomic mass is 32.1. The van der Waals surface area contributed by atoms with Gasteiger partial charge in [-0.1, -0.05) is 6.92 Å². The summed E-state index contributed by atoms with van der Waals surface area (Å²) in [5, 5.41) is 11.1. The summed E-state index contributed by atoms with van der Waals surface area (Å²) in [6.45, 7) is 1.55. The molecule has 7 heteroatoms. The third kappa shape index (κ3) is 2.23. The number of nitrogens with zero attached hydrogens (tertiary/aromatic N) is 1. The van der Waals surface area contributed by atoms with Gasteiger partial charge in [0.2, 0.25) is 5.91 Å². The molecule has 1 heterocycles. The summed E-state index contributed by atoms with van der Waals surface area (Å²) in [5.41, 5.74) is 0. The van der Waals surface area contributed by atoms with Crippen LogP contribution in [0, 0.1) is 5.92 Å². The van der Waals surface area contributed by atoms with Gasteiger partial charge in [-0.15, -0.1) is 0 Å². The van der Waals surface area contributed by atoms with Crippen molar-refractivity contribution in [2.45, 2.75) is 13.0 Å². The van der Waals surface area contributed by atoms with Crippen LogP contribution in [0.2, 0.25) is 0 Å². The third-order valence-corrected chi connectivity index (χ3v) is 2.74. The second kappa shape index (κ2) is 4.52. The van der Waals surface area contributed by atoms with Gasteiger partial charge < -0.3 is 10.4 Å². The van der Waals surface area contributed by atoms with Gasteiger partial charge in [-0.3, -0.25) is 4.79 Å². The van der Waals surface area contributed by atoms with Gasteiger partial charge in [-0.2, -0.15) is 12.6 Å². The van der Waals surface area contributed by atoms with Gasteiger partial charge in [-0.05, 0) is 0 Å². The van der Waals surface area contributed by atoms with Gasteiger partial charge >= 0.3 is 12.0 Å². The van der Waals surface area contributed by atoms with E-state index in [4.69, 9.17) is 5.11 Å². The van der Waals surface area contributed by atoms with Crippen molar-refractivity contribution in [1.29, 1.82) is 0 Å². The zero-order chi connectivity index (χ0) is 11.6. The van der Waals surface area contributed by atoms with Gasteiger partial charge in [-0.25, -0.2) is 14.5 Å². The van der Waals surface area contributed by atoms with Crippen molar-refractivity contribution >= 4 is 30.5 Å². The molecular formula is C8H12N2O4S. The van der Waals surface area contributed by atoms with E-state index in [-0.39, 0.29) is 12.3 Å². The molecule has 1 fully saturated rings. The second-order valence-electron chi connectivity index (χ2n) is 3.33. The molecule has 84 valence electrons. The highest BCUT2D eigenvalue weighted by molar-refractivity contribution is 7.80. The normalized spacial score (nSPS) is 22.4. The van der Waals surface area contributed by atoms with E-state index in [0.717, 1.165) is 4.90 Å². The molecule has 6 nitrogen and oxygen atoms in total. The van der Waals surface area contributed by atoms with Crippen LogP contribution in [0.3, 0.4) is 0 Å². The molecule has 0 aromatic rings. The minimum absolute atomic E-state index is 0.0425. The molecule has 0 aromatic heterocycles. The Morgan fingerprint density at radius 3 is 2.80 bits per heavy atom. The number of carboxylic acids is 1. The number of carboxylic acid groups (broad SMARTS) is 1. The van der Waals surface area contributed by atoms with Crippen molar-refractivity contribution in [3.8, 4) is 0 Å². The fraction of sp³-hybridized carbons (Fsp3) is 0.625. The fourth-order valence-electron chi connectivity index (χ4n) is 1.27. The average molecular weight is 232 g/mol. The van der Waals surface area contributed by atoms with E-state index in [1.165, 1.54) is 0 Å². The summed E-state index contributed by atoms with van der Waals surface area (Å²) in [6, 6.07) is -1.76. The van der Waals surface area contributed by atoms with Gasteiger partial charge in [0.05, 0.1) is 6.54 Å². The molecule has 1 aliphatic heterocycles. The quantitative estimate of drug-likeness (QED) is 0.576. The molecule has 1 aliphatic rings. The summed E-state index contributed by atoms with van der Waals surface area (Å²) in [6.07, 6.45) is 0. The van der Waals surface area contributed by atoms with E-state index < -0.39 is 29.9 Å². The average Bonchev–Trinajstić information content (AvgIpc) is 2.58. The summed E-state index contributed by atoms with van der Waals surface area (Å²) in [5.74, 6) is -1.89. The molecule has 0 aliphatic carbocycles. The van der Waals surface area contributed by atoms with Crippen LogP contribution in [-0.4, -0.2) is 46.3 Å². The van der Waals surface area contributed by atoms with Crippen molar-refractivity contribution in [2.24, 2.45) is 5.92 Å². The number of aliphatic carboxylic acids is 1. The maximum Gasteiger partial charge on any atom is 0.328 e. The molecule has 1 saturated heterocycles. The smallest absolute Gasteiger partial charge is 0.328 e. The first kappa shape index (κ1) is 11.8. The van der Waals surface area contributed by atoms with Crippen molar-refractivity contribution in [3.05, 3.63) is 0 Å². The van der Waals surface area contributed by atoms with E-state index in [1.807, 2.05) is 0 Å². The Kier molecular flexibility index (Phi) is 3.57. The van der Waals surface area contributed by atoms with Crippen LogP contribution in [0.5, 0.6) is 0 Å². The first-order chi connectivity index (χ1) is 6.99. The van der Waals surface area contributed by atoms with E-state index in [0.29, 0.717) is 0 Å². The van der Waals surface area contributed by atoms with E-state index in [2.05, 4.69) is 17.9 Å². The number of carbonyl (C=O) groups is 3. The standard InChI is InChI=1S/C8H12N2O4S/c1-4(3-15)6(11)10-5(7(12)13)2-9-8(10)14/h4-5,15H,2-3H2,1H3,(H,9,14)(H,12,13). The Balaban J connectivity index is 2.85. The Morgan fingerprint density at radius 1 is 1.73 bits per heavy atom. The third-order valence-electron chi connectivity index (χ3n) is 2.20. The summed E-state index contributed by atoms with van der Waals surface area (Å²) >= 11 is 3.93. The van der Waals surface area contributed by atoms with Crippen LogP contribution in [0.1, 0.15) is 6.92 Å². The lowest BCUT2D eigenvalue weighted by Crippen LogP contribution is -2.46. The Morgan fingerprint density at radius 2 is 2.33 bits per heavy atom. The predicted octanol–water partition coefficient (Wildman–Crippen LogP) is -0.443. The number of nitrogens with one attached hydrogen (secondary N) is 1. The molecule has 3 amide bonds. The van der Waals surface area contributed by atoms with Crippen molar-refractivity contribution < 1.29 is 19.5 Å². The monoisotopic (exact) mass is 232 g/mol. The highest BCUT2D eigenvalue weighted by Crippen LogP contribution is 2.13. The van der Waals surface area contributed by atoms with Gasteiger partial charge in [0, 0.05) is 11.7 Å². The Hall–Kier alpha value is -1.24. The number of rotatable bonds is 3. The fourth-order valence-corrected chi connectivity index (χ4v) is 1.43. The maximum atomic E-state index is 11.7. The van der Waals surface area contributed by atoms with Crippen LogP contribution in [-0.2, 0) is 9.59 Å². The minimum atomic E-state index is -1.19. The molecule has 0 aromatic carbocycles. The predicted molar refractivity (Wildman–Crippen MR) is 54.7 cm³/mol. The van der Waals surface area contributed by atoms with Crippen LogP contribution in [0.4, 0.5) is 4.79 Å². The maximum absolute atomic E-state index is 11.7. The zero-order valence-corrected chi connectivity index (χ0v) is 9.03. The van der Waals surface area contributed by atoms with Crippen LogP contribution in [0.15, 0.2) is 0 Å². The lowest BCUT2D eigenvalue weighted by atomic mass is 10.1. The number of hydrogen-bond donors (Lipinski definition) is 3. The largest absolute Gasteiger partial charge is 0.480 e. The lowest BCUT2D eigenvalue weighted by molar-refractivity contribution is -0.147. The second-order valence-corrected chi connectivity index (χ2v) is 3.70. The van der Waals surface area contributed by atoms with E-state index in [9.17, 15) is 14.4 Å². The number of urea groups is 1. The Bertz CT molecular complexity index is 307. The molecule has 2 unspecified atom stereocenters. The molecule has 2 atom stereocenters. The van der Waals surface area contributed by atoms with E-state index in [1.54, 1.807) is 6.92 Å². The molecule has 0 radical (unpaired) electrons. The van der Waals surface area contributed by atoms with E-state index >= 15 is 0 Å². The first-order valence-electron chi connectivity index (χ1n) is 4.43. The number of amides is 3. The van der Waals surface area contributed by atoms with Crippen LogP contribution < -0.4 is 5.32 Å². The van der Waals surface area contributed by atoms with Gasteiger partial charge in [0.25, 0.3) is 0 Å². The molecule has 0 spiro atoms. The number of thiol groups is 1. The number of carbonyl (C=O) groups excluding carboxylic acids is 2. The van der Waals surface area contributed by atoms with Crippen molar-refractivity contribution in [1.82, 2.24) is 10.2 Å². The lowest BCUT2D eigenvalue weighted by Gasteiger charge is -2.20. The minimum Gasteiger partial charge on any atom is -0.480 e. The number of hydrogen-bond acceptors (Lipinski definition) is 4. The summed E-state index contributed by atoms with van der Waals surface area (Å²) in [7, 11) is 0. The molecule has 2 N–H and O–H groups in total. The van der Waals surface area contributed by atoms with Gasteiger partial charge in [0.15, 0.2) is 6.04 Å².